The molecule has 5 nitrogen and oxygen atoms in total. The van der Waals surface area contributed by atoms with Crippen molar-refractivity contribution in [3.63, 3.8) is 0 Å². The molecule has 1 aromatic rings. The molecule has 2 fully saturated rings. The maximum absolute atomic E-state index is 13.2. The van der Waals surface area contributed by atoms with E-state index in [0.29, 0.717) is 30.4 Å². The number of fused-ring (bicyclic) bond motifs is 3. The number of aromatic hydroxyl groups is 1. The van der Waals surface area contributed by atoms with Gasteiger partial charge in [0.05, 0.1) is 0 Å². The number of Topliss-reactive ketones (excluding diaryl/α,β-unsaturated/α-hetero) is 2. The van der Waals surface area contributed by atoms with Crippen LogP contribution in [0.4, 0.5) is 0 Å². The fraction of sp³-hybridized carbons (Fsp3) is 0.424. The van der Waals surface area contributed by atoms with E-state index < -0.39 is 0 Å². The van der Waals surface area contributed by atoms with Gasteiger partial charge in [0.25, 0.3) is 5.91 Å². The molecule has 2 saturated carbocycles. The molecule has 0 radical (unpaired) electrons. The average molecular weight is 510 g/mol. The van der Waals surface area contributed by atoms with Crippen molar-refractivity contribution < 1.29 is 19.5 Å². The van der Waals surface area contributed by atoms with E-state index in [1.54, 1.807) is 12.1 Å². The normalized spacial score (nSPS) is 33.2. The van der Waals surface area contributed by atoms with Gasteiger partial charge in [-0.15, -0.1) is 0 Å². The minimum absolute atomic E-state index is 0.111. The number of hydrogen-bond donors (Lipinski definition) is 2. The van der Waals surface area contributed by atoms with Crippen molar-refractivity contribution in [3.8, 4) is 5.75 Å². The van der Waals surface area contributed by atoms with Gasteiger partial charge < -0.3 is 10.4 Å². The number of nitrogens with one attached hydrogen (secondary N) is 1. The fourth-order valence-electron chi connectivity index (χ4n) is 7.62. The van der Waals surface area contributed by atoms with Gasteiger partial charge in [-0.2, -0.15) is 0 Å². The number of carbonyl (C=O) groups excluding carboxylic acids is 3. The second-order valence-electron chi connectivity index (χ2n) is 11.5. The molecule has 3 unspecified atom stereocenters. The van der Waals surface area contributed by atoms with Crippen LogP contribution in [-0.4, -0.2) is 29.1 Å². The molecule has 0 spiro atoms. The van der Waals surface area contributed by atoms with Crippen LogP contribution in [0.3, 0.4) is 0 Å². The van der Waals surface area contributed by atoms with Gasteiger partial charge in [0.2, 0.25) is 11.6 Å². The lowest BCUT2D eigenvalue weighted by atomic mass is 9.58. The lowest BCUT2D eigenvalue weighted by Gasteiger charge is -2.44. The van der Waals surface area contributed by atoms with Crippen LogP contribution in [0.15, 0.2) is 83.5 Å². The van der Waals surface area contributed by atoms with E-state index in [2.05, 4.69) is 41.8 Å². The van der Waals surface area contributed by atoms with Crippen LogP contribution in [-0.2, 0) is 9.59 Å². The summed E-state index contributed by atoms with van der Waals surface area (Å²) in [5.41, 5.74) is 4.42. The Morgan fingerprint density at radius 1 is 0.895 bits per heavy atom. The smallest absolute Gasteiger partial charge is 0.251 e. The Balaban J connectivity index is 1.10. The molecule has 38 heavy (non-hydrogen) atoms. The molecule has 2 bridgehead atoms. The summed E-state index contributed by atoms with van der Waals surface area (Å²) in [6.45, 7) is 0.469. The number of hydrogen-bond acceptors (Lipinski definition) is 4. The van der Waals surface area contributed by atoms with Crippen LogP contribution < -0.4 is 5.32 Å². The molecule has 0 aromatic heterocycles. The monoisotopic (exact) mass is 509 g/mol. The Morgan fingerprint density at radius 2 is 1.61 bits per heavy atom. The lowest BCUT2D eigenvalue weighted by molar-refractivity contribution is -0.145. The number of amides is 1. The molecule has 2 N–H and O–H groups in total. The number of phenolic OH excluding ortho intramolecular Hbond substituents is 1. The molecule has 0 heterocycles. The first-order valence-electron chi connectivity index (χ1n) is 14.1. The summed E-state index contributed by atoms with van der Waals surface area (Å²) in [5.74, 6) is 1.26. The van der Waals surface area contributed by atoms with E-state index in [1.807, 2.05) is 6.08 Å². The number of ketones is 2. The van der Waals surface area contributed by atoms with Crippen molar-refractivity contribution in [1.82, 2.24) is 5.32 Å². The molecule has 0 saturated heterocycles. The highest BCUT2D eigenvalue weighted by Crippen LogP contribution is 2.60. The Morgan fingerprint density at radius 3 is 2.39 bits per heavy atom. The maximum atomic E-state index is 13.2. The van der Waals surface area contributed by atoms with Gasteiger partial charge in [0, 0.05) is 23.9 Å². The molecular weight excluding hydrogens is 474 g/mol. The Labute approximate surface area is 224 Å². The van der Waals surface area contributed by atoms with Gasteiger partial charge in [0.15, 0.2) is 0 Å². The van der Waals surface area contributed by atoms with Gasteiger partial charge in [-0.3, -0.25) is 14.4 Å². The summed E-state index contributed by atoms with van der Waals surface area (Å²) in [4.78, 5) is 38.6. The van der Waals surface area contributed by atoms with Gasteiger partial charge in [0.1, 0.15) is 5.75 Å². The summed E-state index contributed by atoms with van der Waals surface area (Å²) in [7, 11) is 0. The Hall–Kier alpha value is -3.47. The third kappa shape index (κ3) is 4.75. The lowest BCUT2D eigenvalue weighted by Crippen LogP contribution is -2.48. The number of phenols is 1. The molecule has 6 aliphatic rings. The van der Waals surface area contributed by atoms with Crippen molar-refractivity contribution in [2.75, 3.05) is 6.54 Å². The zero-order chi connectivity index (χ0) is 26.2. The first-order valence-corrected chi connectivity index (χ1v) is 14.1. The first-order chi connectivity index (χ1) is 18.5. The predicted octanol–water partition coefficient (Wildman–Crippen LogP) is 5.65. The average Bonchev–Trinajstić information content (AvgIpc) is 3.53. The SMILES string of the molecule is O=C(NCCC1CC2C(=O)C(=O)C1C1=C2CC[C@@H]2[C@H](CC1)[C@@H]2CC1=C/C=C\C=C/C=C1)c1ccc(O)cc1. The van der Waals surface area contributed by atoms with E-state index >= 15 is 0 Å². The van der Waals surface area contributed by atoms with Gasteiger partial charge in [-0.1, -0.05) is 53.7 Å². The Bertz CT molecular complexity index is 1290. The molecule has 5 heteroatoms. The van der Waals surface area contributed by atoms with E-state index in [0.717, 1.165) is 44.4 Å². The van der Waals surface area contributed by atoms with Crippen LogP contribution in [0.25, 0.3) is 0 Å². The van der Waals surface area contributed by atoms with Crippen LogP contribution in [0.1, 0.15) is 55.3 Å². The molecule has 1 amide bonds. The minimum Gasteiger partial charge on any atom is -0.508 e. The van der Waals surface area contributed by atoms with Crippen LogP contribution in [0.2, 0.25) is 0 Å². The summed E-state index contributed by atoms with van der Waals surface area (Å²) < 4.78 is 0. The summed E-state index contributed by atoms with van der Waals surface area (Å²) in [5, 5.41) is 12.4. The van der Waals surface area contributed by atoms with Gasteiger partial charge >= 0.3 is 0 Å². The molecule has 6 atom stereocenters. The van der Waals surface area contributed by atoms with Crippen molar-refractivity contribution in [2.24, 2.45) is 35.5 Å². The van der Waals surface area contributed by atoms with Gasteiger partial charge in [-0.25, -0.2) is 0 Å². The summed E-state index contributed by atoms with van der Waals surface area (Å²) >= 11 is 0. The highest BCUT2D eigenvalue weighted by Gasteiger charge is 2.55. The standard InChI is InChI=1S/C33H35NO4/c35-23-10-8-21(9-11-23)33(38)34-17-16-22-19-29-26-13-12-24-25(14-15-27(26)30(22)32(37)31(29)36)28(24)18-20-6-4-2-1-3-5-7-20/h1-11,22,24-25,28-30,35H,12-19H2,(H,34,38)/b2-1-,3-1?,4-2?,5-3-,6-4?,7-5?,20-6?,20-7?/t22?,24-,25+,28-,29?,30?/m1/s1. The minimum atomic E-state index is -0.296. The zero-order valence-electron chi connectivity index (χ0n) is 21.6. The highest BCUT2D eigenvalue weighted by atomic mass is 16.3. The third-order valence-corrected chi connectivity index (χ3v) is 9.53. The van der Waals surface area contributed by atoms with E-state index in [-0.39, 0.29) is 41.0 Å². The Kier molecular flexibility index (Phi) is 6.77. The van der Waals surface area contributed by atoms with Crippen LogP contribution in [0.5, 0.6) is 5.75 Å². The zero-order valence-corrected chi connectivity index (χ0v) is 21.6. The first kappa shape index (κ1) is 24.8. The molecule has 7 rings (SSSR count). The fourth-order valence-corrected chi connectivity index (χ4v) is 7.62. The van der Waals surface area contributed by atoms with Crippen LogP contribution >= 0.6 is 0 Å². The van der Waals surface area contributed by atoms with Crippen molar-refractivity contribution in [3.05, 3.63) is 89.1 Å². The number of allylic oxidation sites excluding steroid dienone is 10. The third-order valence-electron chi connectivity index (χ3n) is 9.53. The number of carbonyl (C=O) groups is 3. The molecule has 0 aliphatic heterocycles. The summed E-state index contributed by atoms with van der Waals surface area (Å²) in [6.07, 6.45) is 21.5. The van der Waals surface area contributed by atoms with E-state index in [1.165, 1.54) is 28.9 Å². The van der Waals surface area contributed by atoms with Crippen molar-refractivity contribution in [2.45, 2.75) is 44.9 Å². The predicted molar refractivity (Wildman–Crippen MR) is 146 cm³/mol. The maximum Gasteiger partial charge on any atom is 0.251 e. The quantitative estimate of drug-likeness (QED) is 0.384. The molecule has 6 aliphatic carbocycles. The summed E-state index contributed by atoms with van der Waals surface area (Å²) in [6, 6.07) is 6.18. The molecule has 1 aromatic carbocycles. The molecule has 196 valence electrons. The number of benzene rings is 1. The second kappa shape index (κ2) is 10.4. The van der Waals surface area contributed by atoms with Crippen molar-refractivity contribution in [1.29, 1.82) is 0 Å². The van der Waals surface area contributed by atoms with E-state index in [4.69, 9.17) is 0 Å². The van der Waals surface area contributed by atoms with E-state index in [9.17, 15) is 19.5 Å². The second-order valence-corrected chi connectivity index (χ2v) is 11.5. The highest BCUT2D eigenvalue weighted by molar-refractivity contribution is 6.41. The largest absolute Gasteiger partial charge is 0.508 e. The number of rotatable bonds is 6. The van der Waals surface area contributed by atoms with Crippen molar-refractivity contribution >= 4 is 17.5 Å². The van der Waals surface area contributed by atoms with Crippen LogP contribution in [0, 0.1) is 35.5 Å². The van der Waals surface area contributed by atoms with Gasteiger partial charge in [-0.05, 0) is 98.5 Å². The molecular formula is C33H35NO4. The topological polar surface area (TPSA) is 83.5 Å².